The maximum Gasteiger partial charge on any atom is 0.167 e. The Bertz CT molecular complexity index is 599. The van der Waals surface area contributed by atoms with Gasteiger partial charge in [-0.2, -0.15) is 0 Å². The molecule has 0 spiro atoms. The highest BCUT2D eigenvalue weighted by atomic mass is 16.6. The van der Waals surface area contributed by atoms with Gasteiger partial charge in [0.1, 0.15) is 11.9 Å². The van der Waals surface area contributed by atoms with E-state index in [0.29, 0.717) is 0 Å². The number of para-hydroxylation sites is 2. The van der Waals surface area contributed by atoms with E-state index < -0.39 is 0 Å². The molecule has 2 heterocycles. The summed E-state index contributed by atoms with van der Waals surface area (Å²) in [4.78, 5) is 2.33. The van der Waals surface area contributed by atoms with E-state index in [-0.39, 0.29) is 12.3 Å². The van der Waals surface area contributed by atoms with Crippen LogP contribution in [0.3, 0.4) is 0 Å². The average Bonchev–Trinajstić information content (AvgIpc) is 2.96. The lowest BCUT2D eigenvalue weighted by Crippen LogP contribution is -2.47. The van der Waals surface area contributed by atoms with Crippen LogP contribution in [0, 0.1) is 0 Å². The standard InChI is InChI=1S/C17H17NO2/c1-2-6-13(7-3-1)12-18-14-8-4-5-9-15(14)20-16-10-11-19-17(16)18/h1-9,16-17H,10-12H2. The van der Waals surface area contributed by atoms with Crippen LogP contribution in [0.4, 0.5) is 5.69 Å². The molecule has 20 heavy (non-hydrogen) atoms. The van der Waals surface area contributed by atoms with E-state index in [1.165, 1.54) is 5.56 Å². The fourth-order valence-electron chi connectivity index (χ4n) is 3.01. The van der Waals surface area contributed by atoms with E-state index in [1.54, 1.807) is 0 Å². The normalized spacial score (nSPS) is 23.9. The van der Waals surface area contributed by atoms with Crippen molar-refractivity contribution in [1.29, 1.82) is 0 Å². The van der Waals surface area contributed by atoms with Crippen molar-refractivity contribution < 1.29 is 9.47 Å². The molecule has 2 aliphatic heterocycles. The number of benzene rings is 2. The quantitative estimate of drug-likeness (QED) is 0.834. The molecule has 3 nitrogen and oxygen atoms in total. The molecule has 0 aromatic heterocycles. The number of fused-ring (bicyclic) bond motifs is 2. The number of nitrogens with zero attached hydrogens (tertiary/aromatic N) is 1. The van der Waals surface area contributed by atoms with Crippen molar-refractivity contribution in [2.75, 3.05) is 11.5 Å². The predicted octanol–water partition coefficient (Wildman–Crippen LogP) is 3.20. The molecule has 1 saturated heterocycles. The third kappa shape index (κ3) is 1.95. The predicted molar refractivity (Wildman–Crippen MR) is 77.8 cm³/mol. The summed E-state index contributed by atoms with van der Waals surface area (Å²) in [6.07, 6.45) is 1.14. The third-order valence-corrected chi connectivity index (χ3v) is 3.96. The highest BCUT2D eigenvalue weighted by Gasteiger charge is 2.40. The van der Waals surface area contributed by atoms with Crippen LogP contribution in [0.25, 0.3) is 0 Å². The topological polar surface area (TPSA) is 21.7 Å². The first-order valence-corrected chi connectivity index (χ1v) is 7.10. The number of hydrogen-bond donors (Lipinski definition) is 0. The van der Waals surface area contributed by atoms with Crippen LogP contribution in [0.5, 0.6) is 5.75 Å². The second-order valence-corrected chi connectivity index (χ2v) is 5.29. The van der Waals surface area contributed by atoms with E-state index >= 15 is 0 Å². The lowest BCUT2D eigenvalue weighted by molar-refractivity contribution is 0.0393. The van der Waals surface area contributed by atoms with E-state index in [2.05, 4.69) is 41.3 Å². The SMILES string of the molecule is c1ccc(CN2c3ccccc3OC3CCOC32)cc1. The Hall–Kier alpha value is -2.00. The van der Waals surface area contributed by atoms with Crippen molar-refractivity contribution in [3.63, 3.8) is 0 Å². The lowest BCUT2D eigenvalue weighted by atomic mass is 10.1. The van der Waals surface area contributed by atoms with Gasteiger partial charge in [-0.15, -0.1) is 0 Å². The molecule has 3 heteroatoms. The van der Waals surface area contributed by atoms with Gasteiger partial charge in [0.2, 0.25) is 0 Å². The molecule has 0 aliphatic carbocycles. The zero-order valence-electron chi connectivity index (χ0n) is 11.2. The molecule has 0 N–H and O–H groups in total. The molecular weight excluding hydrogens is 250 g/mol. The summed E-state index contributed by atoms with van der Waals surface area (Å²) in [6, 6.07) is 18.7. The van der Waals surface area contributed by atoms with Crippen LogP contribution in [0.15, 0.2) is 54.6 Å². The molecule has 2 aromatic rings. The number of rotatable bonds is 2. The van der Waals surface area contributed by atoms with Crippen LogP contribution in [-0.2, 0) is 11.3 Å². The van der Waals surface area contributed by atoms with Crippen LogP contribution in [-0.4, -0.2) is 18.9 Å². The molecule has 4 rings (SSSR count). The Morgan fingerprint density at radius 3 is 2.70 bits per heavy atom. The van der Waals surface area contributed by atoms with Crippen LogP contribution in [0.2, 0.25) is 0 Å². The average molecular weight is 267 g/mol. The van der Waals surface area contributed by atoms with Crippen molar-refractivity contribution in [3.8, 4) is 5.75 Å². The summed E-state index contributed by atoms with van der Waals surface area (Å²) in [5.74, 6) is 0.968. The molecule has 2 atom stereocenters. The van der Waals surface area contributed by atoms with Crippen molar-refractivity contribution in [2.45, 2.75) is 25.3 Å². The van der Waals surface area contributed by atoms with Crippen molar-refractivity contribution in [1.82, 2.24) is 0 Å². The van der Waals surface area contributed by atoms with Gasteiger partial charge in [-0.3, -0.25) is 0 Å². The van der Waals surface area contributed by atoms with E-state index in [1.807, 2.05) is 18.2 Å². The van der Waals surface area contributed by atoms with E-state index in [9.17, 15) is 0 Å². The highest BCUT2D eigenvalue weighted by molar-refractivity contribution is 5.61. The number of hydrogen-bond acceptors (Lipinski definition) is 3. The molecule has 2 aromatic carbocycles. The Kier molecular flexibility index (Phi) is 2.85. The minimum Gasteiger partial charge on any atom is -0.483 e. The van der Waals surface area contributed by atoms with Gasteiger partial charge in [-0.05, 0) is 17.7 Å². The van der Waals surface area contributed by atoms with Crippen molar-refractivity contribution in [3.05, 3.63) is 60.2 Å². The summed E-state index contributed by atoms with van der Waals surface area (Å²) in [5, 5.41) is 0. The Morgan fingerprint density at radius 2 is 1.80 bits per heavy atom. The van der Waals surface area contributed by atoms with Gasteiger partial charge in [0.25, 0.3) is 0 Å². The first kappa shape index (κ1) is 11.8. The Labute approximate surface area is 118 Å². The van der Waals surface area contributed by atoms with Crippen molar-refractivity contribution >= 4 is 5.69 Å². The fourth-order valence-corrected chi connectivity index (χ4v) is 3.01. The van der Waals surface area contributed by atoms with E-state index in [0.717, 1.165) is 31.0 Å². The van der Waals surface area contributed by atoms with Crippen molar-refractivity contribution in [2.24, 2.45) is 0 Å². The molecule has 2 aliphatic rings. The second kappa shape index (κ2) is 4.84. The maximum atomic E-state index is 6.06. The largest absolute Gasteiger partial charge is 0.483 e. The van der Waals surface area contributed by atoms with Gasteiger partial charge < -0.3 is 14.4 Å². The monoisotopic (exact) mass is 267 g/mol. The molecule has 0 saturated carbocycles. The molecule has 0 radical (unpaired) electrons. The second-order valence-electron chi connectivity index (χ2n) is 5.29. The van der Waals surface area contributed by atoms with Crippen LogP contribution < -0.4 is 9.64 Å². The molecule has 2 unspecified atom stereocenters. The maximum absolute atomic E-state index is 6.06. The summed E-state index contributed by atoms with van der Waals surface area (Å²) >= 11 is 0. The smallest absolute Gasteiger partial charge is 0.167 e. The fraction of sp³-hybridized carbons (Fsp3) is 0.294. The molecular formula is C17H17NO2. The zero-order chi connectivity index (χ0) is 13.4. The molecule has 102 valence electrons. The summed E-state index contributed by atoms with van der Waals surface area (Å²) < 4.78 is 12.0. The Morgan fingerprint density at radius 1 is 1.00 bits per heavy atom. The van der Waals surface area contributed by atoms with Gasteiger partial charge in [0, 0.05) is 13.0 Å². The minimum atomic E-state index is 0.0325. The molecule has 0 amide bonds. The zero-order valence-corrected chi connectivity index (χ0v) is 11.2. The highest BCUT2D eigenvalue weighted by Crippen LogP contribution is 2.40. The lowest BCUT2D eigenvalue weighted by Gasteiger charge is -2.39. The minimum absolute atomic E-state index is 0.0325. The van der Waals surface area contributed by atoms with Gasteiger partial charge in [-0.1, -0.05) is 42.5 Å². The molecule has 1 fully saturated rings. The van der Waals surface area contributed by atoms with Gasteiger partial charge in [0.15, 0.2) is 6.23 Å². The number of ether oxygens (including phenoxy) is 2. The molecule has 0 bridgehead atoms. The van der Waals surface area contributed by atoms with Gasteiger partial charge >= 0.3 is 0 Å². The van der Waals surface area contributed by atoms with E-state index in [4.69, 9.17) is 9.47 Å². The summed E-state index contributed by atoms with van der Waals surface area (Å²) in [6.45, 7) is 1.62. The van der Waals surface area contributed by atoms with Crippen LogP contribution >= 0.6 is 0 Å². The summed E-state index contributed by atoms with van der Waals surface area (Å²) in [5.41, 5.74) is 2.41. The first-order chi connectivity index (χ1) is 9.92. The first-order valence-electron chi connectivity index (χ1n) is 7.10. The summed E-state index contributed by atoms with van der Waals surface area (Å²) in [7, 11) is 0. The Balaban J connectivity index is 1.71. The third-order valence-electron chi connectivity index (χ3n) is 3.96. The van der Waals surface area contributed by atoms with Gasteiger partial charge in [0.05, 0.1) is 12.3 Å². The number of anilines is 1. The van der Waals surface area contributed by atoms with Gasteiger partial charge in [-0.25, -0.2) is 0 Å². The van der Waals surface area contributed by atoms with Crippen LogP contribution in [0.1, 0.15) is 12.0 Å².